The molecule has 1 aliphatic heterocycles. The average Bonchev–Trinajstić information content (AvgIpc) is 3.10. The lowest BCUT2D eigenvalue weighted by Crippen LogP contribution is -2.36. The Morgan fingerprint density at radius 3 is 2.65 bits per heavy atom. The number of anilines is 2. The highest BCUT2D eigenvalue weighted by atomic mass is 16.5. The van der Waals surface area contributed by atoms with Gasteiger partial charge in [-0.1, -0.05) is 24.3 Å². The van der Waals surface area contributed by atoms with Crippen LogP contribution in [-0.4, -0.2) is 37.2 Å². The molecule has 0 aliphatic carbocycles. The lowest BCUT2D eigenvalue weighted by molar-refractivity contribution is 0.102. The van der Waals surface area contributed by atoms with Crippen molar-refractivity contribution in [1.82, 2.24) is 4.98 Å². The molecule has 1 fully saturated rings. The molecule has 134 valence electrons. The van der Waals surface area contributed by atoms with E-state index < -0.39 is 0 Å². The smallest absolute Gasteiger partial charge is 0.272 e. The molecule has 3 aromatic rings. The summed E-state index contributed by atoms with van der Waals surface area (Å²) < 4.78 is 5.42. The minimum atomic E-state index is -0.122. The first-order chi connectivity index (χ1) is 12.6. The molecule has 2 aromatic carbocycles. The molecular weight excluding hydrogens is 326 g/mol. The van der Waals surface area contributed by atoms with Crippen LogP contribution in [0, 0.1) is 13.8 Å². The first kappa shape index (κ1) is 16.7. The van der Waals surface area contributed by atoms with Gasteiger partial charge in [0.2, 0.25) is 0 Å². The maximum absolute atomic E-state index is 12.8. The SMILES string of the molecule is Cc1ccc(N2CCOCC2)cc1NC(=O)c1cc2cccc(C)c2[nH]1. The van der Waals surface area contributed by atoms with Gasteiger partial charge in [-0.05, 0) is 43.2 Å². The number of carbonyl (C=O) groups excluding carboxylic acids is 1. The van der Waals surface area contributed by atoms with E-state index in [2.05, 4.69) is 27.3 Å². The Bertz CT molecular complexity index is 955. The van der Waals surface area contributed by atoms with E-state index in [9.17, 15) is 4.79 Å². The van der Waals surface area contributed by atoms with Gasteiger partial charge in [0.15, 0.2) is 0 Å². The number of hydrogen-bond donors (Lipinski definition) is 2. The number of morpholine rings is 1. The number of H-pyrrole nitrogens is 1. The lowest BCUT2D eigenvalue weighted by atomic mass is 10.1. The minimum Gasteiger partial charge on any atom is -0.378 e. The van der Waals surface area contributed by atoms with Crippen molar-refractivity contribution in [1.29, 1.82) is 0 Å². The van der Waals surface area contributed by atoms with E-state index in [0.29, 0.717) is 5.69 Å². The summed E-state index contributed by atoms with van der Waals surface area (Å²) in [5, 5.41) is 4.11. The van der Waals surface area contributed by atoms with Gasteiger partial charge in [0.05, 0.1) is 13.2 Å². The highest BCUT2D eigenvalue weighted by molar-refractivity contribution is 6.06. The fourth-order valence-corrected chi connectivity index (χ4v) is 3.38. The van der Waals surface area contributed by atoms with Crippen molar-refractivity contribution in [3.05, 3.63) is 59.3 Å². The fourth-order valence-electron chi connectivity index (χ4n) is 3.38. The molecule has 0 atom stereocenters. The number of hydrogen-bond acceptors (Lipinski definition) is 3. The number of nitrogens with zero attached hydrogens (tertiary/aromatic N) is 1. The van der Waals surface area contributed by atoms with Crippen molar-refractivity contribution >= 4 is 28.2 Å². The maximum Gasteiger partial charge on any atom is 0.272 e. The van der Waals surface area contributed by atoms with Gasteiger partial charge in [-0.25, -0.2) is 0 Å². The van der Waals surface area contributed by atoms with Crippen molar-refractivity contribution in [3.8, 4) is 0 Å². The Hall–Kier alpha value is -2.79. The van der Waals surface area contributed by atoms with E-state index in [0.717, 1.165) is 59.7 Å². The summed E-state index contributed by atoms with van der Waals surface area (Å²) in [4.78, 5) is 18.3. The third-order valence-corrected chi connectivity index (χ3v) is 4.95. The van der Waals surface area contributed by atoms with Crippen LogP contribution in [0.15, 0.2) is 42.5 Å². The molecule has 4 rings (SSSR count). The summed E-state index contributed by atoms with van der Waals surface area (Å²) in [6.07, 6.45) is 0. The van der Waals surface area contributed by atoms with E-state index >= 15 is 0 Å². The van der Waals surface area contributed by atoms with Gasteiger partial charge in [0, 0.05) is 35.4 Å². The first-order valence-electron chi connectivity index (χ1n) is 8.95. The zero-order chi connectivity index (χ0) is 18.1. The second-order valence-corrected chi connectivity index (χ2v) is 6.77. The highest BCUT2D eigenvalue weighted by Crippen LogP contribution is 2.25. The molecule has 0 unspecified atom stereocenters. The summed E-state index contributed by atoms with van der Waals surface area (Å²) in [6.45, 7) is 7.27. The normalized spacial score (nSPS) is 14.6. The van der Waals surface area contributed by atoms with Crippen LogP contribution in [0.3, 0.4) is 0 Å². The molecule has 1 aliphatic rings. The van der Waals surface area contributed by atoms with Crippen LogP contribution in [-0.2, 0) is 4.74 Å². The number of aromatic amines is 1. The van der Waals surface area contributed by atoms with E-state index in [1.54, 1.807) is 0 Å². The quantitative estimate of drug-likeness (QED) is 0.755. The van der Waals surface area contributed by atoms with Crippen LogP contribution in [0.1, 0.15) is 21.6 Å². The number of para-hydroxylation sites is 1. The van der Waals surface area contributed by atoms with Gasteiger partial charge in [0.1, 0.15) is 5.69 Å². The van der Waals surface area contributed by atoms with Crippen LogP contribution >= 0.6 is 0 Å². The topological polar surface area (TPSA) is 57.4 Å². The van der Waals surface area contributed by atoms with Crippen LogP contribution in [0.2, 0.25) is 0 Å². The minimum absolute atomic E-state index is 0.122. The Kier molecular flexibility index (Phi) is 4.39. The van der Waals surface area contributed by atoms with Gasteiger partial charge in [0.25, 0.3) is 5.91 Å². The lowest BCUT2D eigenvalue weighted by Gasteiger charge is -2.29. The van der Waals surface area contributed by atoms with Gasteiger partial charge in [-0.3, -0.25) is 4.79 Å². The molecule has 2 heterocycles. The Morgan fingerprint density at radius 2 is 1.88 bits per heavy atom. The number of benzene rings is 2. The number of rotatable bonds is 3. The molecule has 5 nitrogen and oxygen atoms in total. The first-order valence-corrected chi connectivity index (χ1v) is 8.95. The summed E-state index contributed by atoms with van der Waals surface area (Å²) in [5.41, 5.74) is 5.72. The average molecular weight is 349 g/mol. The number of fused-ring (bicyclic) bond motifs is 1. The number of nitrogens with one attached hydrogen (secondary N) is 2. The van der Waals surface area contributed by atoms with Crippen LogP contribution < -0.4 is 10.2 Å². The van der Waals surface area contributed by atoms with Crippen LogP contribution in [0.25, 0.3) is 10.9 Å². The van der Waals surface area contributed by atoms with Crippen molar-refractivity contribution < 1.29 is 9.53 Å². The molecule has 5 heteroatoms. The highest BCUT2D eigenvalue weighted by Gasteiger charge is 2.15. The van der Waals surface area contributed by atoms with Gasteiger partial charge in [-0.2, -0.15) is 0 Å². The molecule has 26 heavy (non-hydrogen) atoms. The number of amides is 1. The largest absolute Gasteiger partial charge is 0.378 e. The number of aryl methyl sites for hydroxylation is 2. The second kappa shape index (κ2) is 6.84. The Labute approximate surface area is 153 Å². The van der Waals surface area contributed by atoms with Gasteiger partial charge >= 0.3 is 0 Å². The van der Waals surface area contributed by atoms with Gasteiger partial charge < -0.3 is 19.9 Å². The van der Waals surface area contributed by atoms with Crippen molar-refractivity contribution in [2.75, 3.05) is 36.5 Å². The third kappa shape index (κ3) is 3.18. The number of carbonyl (C=O) groups is 1. The molecule has 1 amide bonds. The van der Waals surface area contributed by atoms with Gasteiger partial charge in [-0.15, -0.1) is 0 Å². The van der Waals surface area contributed by atoms with Crippen molar-refractivity contribution in [2.24, 2.45) is 0 Å². The monoisotopic (exact) mass is 349 g/mol. The molecule has 2 N–H and O–H groups in total. The summed E-state index contributed by atoms with van der Waals surface area (Å²) >= 11 is 0. The molecule has 0 bridgehead atoms. The Balaban J connectivity index is 1.59. The summed E-state index contributed by atoms with van der Waals surface area (Å²) in [5.74, 6) is -0.122. The molecule has 1 aromatic heterocycles. The van der Waals surface area contributed by atoms with E-state index in [1.165, 1.54) is 0 Å². The van der Waals surface area contributed by atoms with E-state index in [4.69, 9.17) is 4.74 Å². The fraction of sp³-hybridized carbons (Fsp3) is 0.286. The van der Waals surface area contributed by atoms with E-state index in [-0.39, 0.29) is 5.91 Å². The van der Waals surface area contributed by atoms with Crippen LogP contribution in [0.4, 0.5) is 11.4 Å². The maximum atomic E-state index is 12.8. The molecule has 0 saturated carbocycles. The van der Waals surface area contributed by atoms with E-state index in [1.807, 2.05) is 44.2 Å². The zero-order valence-corrected chi connectivity index (χ0v) is 15.1. The number of aromatic nitrogens is 1. The summed E-state index contributed by atoms with van der Waals surface area (Å²) in [7, 11) is 0. The molecular formula is C21H23N3O2. The summed E-state index contributed by atoms with van der Waals surface area (Å²) in [6, 6.07) is 14.2. The standard InChI is InChI=1S/C21H23N3O2/c1-14-6-7-17(24-8-10-26-11-9-24)13-18(14)23-21(25)19-12-16-5-3-4-15(2)20(16)22-19/h3-7,12-13,22H,8-11H2,1-2H3,(H,23,25). The molecule has 0 radical (unpaired) electrons. The predicted octanol–water partition coefficient (Wildman–Crippen LogP) is 3.87. The zero-order valence-electron chi connectivity index (χ0n) is 15.1. The predicted molar refractivity (Wildman–Crippen MR) is 105 cm³/mol. The van der Waals surface area contributed by atoms with Crippen molar-refractivity contribution in [3.63, 3.8) is 0 Å². The second-order valence-electron chi connectivity index (χ2n) is 6.77. The third-order valence-electron chi connectivity index (χ3n) is 4.95. The molecule has 0 spiro atoms. The Morgan fingerprint density at radius 1 is 1.08 bits per heavy atom. The molecule has 1 saturated heterocycles. The van der Waals surface area contributed by atoms with Crippen molar-refractivity contribution in [2.45, 2.75) is 13.8 Å². The van der Waals surface area contributed by atoms with Crippen LogP contribution in [0.5, 0.6) is 0 Å². The number of ether oxygens (including phenoxy) is 1.